The largest absolute Gasteiger partial charge is 0.494 e. The van der Waals surface area contributed by atoms with Gasteiger partial charge in [0.05, 0.1) is 19.6 Å². The van der Waals surface area contributed by atoms with Crippen LogP contribution in [0.2, 0.25) is 0 Å². The maximum Gasteiger partial charge on any atom is 0.214 e. The molecule has 0 unspecified atom stereocenters. The van der Waals surface area contributed by atoms with Gasteiger partial charge in [-0.1, -0.05) is 0 Å². The highest BCUT2D eigenvalue weighted by molar-refractivity contribution is 6.17. The molecule has 0 aliphatic carbocycles. The Morgan fingerprint density at radius 3 is 2.70 bits per heavy atom. The fourth-order valence-electron chi connectivity index (χ4n) is 1.82. The molecule has 1 aromatic carbocycles. The van der Waals surface area contributed by atoms with Gasteiger partial charge in [-0.3, -0.25) is 0 Å². The number of nitrogens with zero attached hydrogens (tertiary/aromatic N) is 1. The molecule has 0 spiro atoms. The minimum atomic E-state index is 0.407. The summed E-state index contributed by atoms with van der Waals surface area (Å²) in [7, 11) is 1.59. The van der Waals surface area contributed by atoms with Crippen molar-refractivity contribution in [1.82, 2.24) is 4.98 Å². The second-order valence-electron chi connectivity index (χ2n) is 4.10. The summed E-state index contributed by atoms with van der Waals surface area (Å²) in [5.41, 5.74) is 2.80. The van der Waals surface area contributed by atoms with Crippen molar-refractivity contribution < 1.29 is 9.47 Å². The van der Waals surface area contributed by atoms with Gasteiger partial charge in [0.1, 0.15) is 5.75 Å². The Kier molecular flexibility index (Phi) is 5.07. The minimum Gasteiger partial charge on any atom is -0.494 e. The summed E-state index contributed by atoms with van der Waals surface area (Å²) in [5.74, 6) is 1.80. The zero-order valence-corrected chi connectivity index (χ0v) is 12.3. The van der Waals surface area contributed by atoms with E-state index in [0.29, 0.717) is 18.4 Å². The van der Waals surface area contributed by atoms with Crippen molar-refractivity contribution in [1.29, 1.82) is 0 Å². The molecule has 0 radical (unpaired) electrons. The molecule has 0 aliphatic heterocycles. The number of methoxy groups -OCH3 is 1. The number of pyridine rings is 1. The van der Waals surface area contributed by atoms with E-state index in [1.54, 1.807) is 13.3 Å². The number of alkyl halides is 1. The van der Waals surface area contributed by atoms with Gasteiger partial charge >= 0.3 is 0 Å². The highest BCUT2D eigenvalue weighted by atomic mass is 35.5. The van der Waals surface area contributed by atoms with E-state index < -0.39 is 0 Å². The summed E-state index contributed by atoms with van der Waals surface area (Å²) >= 11 is 5.95. The van der Waals surface area contributed by atoms with E-state index in [9.17, 15) is 0 Å². The molecule has 0 atom stereocenters. The van der Waals surface area contributed by atoms with Gasteiger partial charge in [0.25, 0.3) is 0 Å². The van der Waals surface area contributed by atoms with E-state index in [0.717, 1.165) is 22.7 Å². The van der Waals surface area contributed by atoms with Gasteiger partial charge in [-0.05, 0) is 31.2 Å². The molecule has 1 heterocycles. The summed E-state index contributed by atoms with van der Waals surface area (Å²) in [4.78, 5) is 4.07. The molecule has 1 aromatic heterocycles. The molecule has 0 amide bonds. The predicted molar refractivity (Wildman–Crippen MR) is 81.2 cm³/mol. The second kappa shape index (κ2) is 7.01. The summed E-state index contributed by atoms with van der Waals surface area (Å²) in [6, 6.07) is 9.55. The molecule has 2 aromatic rings. The van der Waals surface area contributed by atoms with Gasteiger partial charge < -0.3 is 14.8 Å². The third-order valence-corrected chi connectivity index (χ3v) is 3.02. The van der Waals surface area contributed by atoms with Gasteiger partial charge in [0.2, 0.25) is 5.88 Å². The van der Waals surface area contributed by atoms with Crippen LogP contribution in [0.5, 0.6) is 11.6 Å². The van der Waals surface area contributed by atoms with Crippen LogP contribution in [0.4, 0.5) is 11.4 Å². The first kappa shape index (κ1) is 14.5. The number of halogens is 1. The Hall–Kier alpha value is -1.94. The van der Waals surface area contributed by atoms with Crippen LogP contribution in [0.25, 0.3) is 0 Å². The Morgan fingerprint density at radius 2 is 2.00 bits per heavy atom. The van der Waals surface area contributed by atoms with Crippen molar-refractivity contribution >= 4 is 23.0 Å². The topological polar surface area (TPSA) is 43.4 Å². The lowest BCUT2D eigenvalue weighted by Crippen LogP contribution is -1.98. The van der Waals surface area contributed by atoms with Crippen molar-refractivity contribution in [3.05, 3.63) is 42.1 Å². The smallest absolute Gasteiger partial charge is 0.214 e. The number of anilines is 2. The minimum absolute atomic E-state index is 0.407. The summed E-state index contributed by atoms with van der Waals surface area (Å²) in [5, 5.41) is 3.29. The number of hydrogen-bond donors (Lipinski definition) is 1. The van der Waals surface area contributed by atoms with Crippen LogP contribution in [0.3, 0.4) is 0 Å². The average Bonchev–Trinajstić information content (AvgIpc) is 2.49. The van der Waals surface area contributed by atoms with Crippen LogP contribution in [-0.4, -0.2) is 18.7 Å². The van der Waals surface area contributed by atoms with Gasteiger partial charge in [-0.25, -0.2) is 4.98 Å². The molecule has 20 heavy (non-hydrogen) atoms. The standard InChI is InChI=1S/C15H17ClN2O2/c1-3-20-14-5-4-12(8-11(14)10-16)18-13-6-7-17-15(9-13)19-2/h4-9H,3,10H2,1-2H3,(H,17,18). The first-order chi connectivity index (χ1) is 9.76. The van der Waals surface area contributed by atoms with Crippen LogP contribution < -0.4 is 14.8 Å². The Morgan fingerprint density at radius 1 is 1.20 bits per heavy atom. The van der Waals surface area contributed by atoms with Gasteiger partial charge in [-0.2, -0.15) is 0 Å². The average molecular weight is 293 g/mol. The number of hydrogen-bond acceptors (Lipinski definition) is 4. The van der Waals surface area contributed by atoms with Crippen molar-refractivity contribution in [2.45, 2.75) is 12.8 Å². The second-order valence-corrected chi connectivity index (χ2v) is 4.37. The molecule has 0 bridgehead atoms. The Balaban J connectivity index is 2.20. The van der Waals surface area contributed by atoms with E-state index in [1.807, 2.05) is 37.3 Å². The summed E-state index contributed by atoms with van der Waals surface area (Å²) in [6.45, 7) is 2.58. The van der Waals surface area contributed by atoms with Crippen molar-refractivity contribution in [3.8, 4) is 11.6 Å². The highest BCUT2D eigenvalue weighted by Gasteiger charge is 2.05. The molecular formula is C15H17ClN2O2. The van der Waals surface area contributed by atoms with Crippen LogP contribution in [0.15, 0.2) is 36.5 Å². The molecule has 0 saturated carbocycles. The number of nitrogens with one attached hydrogen (secondary N) is 1. The zero-order chi connectivity index (χ0) is 14.4. The first-order valence-electron chi connectivity index (χ1n) is 6.35. The molecule has 0 saturated heterocycles. The monoisotopic (exact) mass is 292 g/mol. The third-order valence-electron chi connectivity index (χ3n) is 2.74. The number of benzene rings is 1. The molecule has 0 aliphatic rings. The van der Waals surface area contributed by atoms with Crippen LogP contribution in [0.1, 0.15) is 12.5 Å². The summed E-state index contributed by atoms with van der Waals surface area (Å²) in [6.07, 6.45) is 1.69. The third kappa shape index (κ3) is 3.54. The number of aromatic nitrogens is 1. The predicted octanol–water partition coefficient (Wildman–Crippen LogP) is 3.97. The molecule has 1 N–H and O–H groups in total. The van der Waals surface area contributed by atoms with E-state index in [1.165, 1.54) is 0 Å². The van der Waals surface area contributed by atoms with E-state index >= 15 is 0 Å². The lowest BCUT2D eigenvalue weighted by atomic mass is 10.2. The maximum atomic E-state index is 5.95. The van der Waals surface area contributed by atoms with E-state index in [4.69, 9.17) is 21.1 Å². The molecule has 5 heteroatoms. The Labute approximate surface area is 123 Å². The SMILES string of the molecule is CCOc1ccc(Nc2ccnc(OC)c2)cc1CCl. The molecule has 2 rings (SSSR count). The fourth-order valence-corrected chi connectivity index (χ4v) is 2.03. The summed E-state index contributed by atoms with van der Waals surface area (Å²) < 4.78 is 10.6. The van der Waals surface area contributed by atoms with Crippen molar-refractivity contribution in [3.63, 3.8) is 0 Å². The van der Waals surface area contributed by atoms with Crippen LogP contribution >= 0.6 is 11.6 Å². The van der Waals surface area contributed by atoms with Crippen molar-refractivity contribution in [2.24, 2.45) is 0 Å². The molecular weight excluding hydrogens is 276 g/mol. The van der Waals surface area contributed by atoms with Crippen molar-refractivity contribution in [2.75, 3.05) is 19.0 Å². The van der Waals surface area contributed by atoms with Gasteiger partial charge in [0, 0.05) is 29.2 Å². The van der Waals surface area contributed by atoms with E-state index in [2.05, 4.69) is 10.3 Å². The Bertz CT molecular complexity index is 576. The maximum absolute atomic E-state index is 5.95. The van der Waals surface area contributed by atoms with Crippen LogP contribution in [-0.2, 0) is 5.88 Å². The normalized spacial score (nSPS) is 10.2. The fraction of sp³-hybridized carbons (Fsp3) is 0.267. The first-order valence-corrected chi connectivity index (χ1v) is 6.89. The lowest BCUT2D eigenvalue weighted by molar-refractivity contribution is 0.337. The highest BCUT2D eigenvalue weighted by Crippen LogP contribution is 2.27. The molecule has 0 fully saturated rings. The number of rotatable bonds is 6. The van der Waals surface area contributed by atoms with Crippen LogP contribution in [0, 0.1) is 0 Å². The molecule has 106 valence electrons. The lowest BCUT2D eigenvalue weighted by Gasteiger charge is -2.12. The van der Waals surface area contributed by atoms with Gasteiger partial charge in [0.15, 0.2) is 0 Å². The zero-order valence-electron chi connectivity index (χ0n) is 11.5. The quantitative estimate of drug-likeness (QED) is 0.818. The van der Waals surface area contributed by atoms with Gasteiger partial charge in [-0.15, -0.1) is 11.6 Å². The van der Waals surface area contributed by atoms with E-state index in [-0.39, 0.29) is 0 Å². The molecule has 4 nitrogen and oxygen atoms in total. The number of ether oxygens (including phenoxy) is 2.